The van der Waals surface area contributed by atoms with Crippen LogP contribution < -0.4 is 10.1 Å². The first-order chi connectivity index (χ1) is 12.2. The van der Waals surface area contributed by atoms with Crippen molar-refractivity contribution >= 4 is 5.84 Å². The lowest BCUT2D eigenvalue weighted by Gasteiger charge is -2.25. The van der Waals surface area contributed by atoms with Crippen molar-refractivity contribution in [2.45, 2.75) is 85.2 Å². The fourth-order valence-corrected chi connectivity index (χ4v) is 3.39. The molecule has 0 atom stereocenters. The van der Waals surface area contributed by atoms with Gasteiger partial charge in [0.2, 0.25) is 0 Å². The SMILES string of the molecule is CCCCN=C(NCCCC)c1ccc(OC(C)C)c2c1CCCC2. The highest BCUT2D eigenvalue weighted by Crippen LogP contribution is 2.33. The molecule has 0 spiro atoms. The van der Waals surface area contributed by atoms with Crippen LogP contribution in [0.3, 0.4) is 0 Å². The van der Waals surface area contributed by atoms with E-state index in [2.05, 4.69) is 45.1 Å². The van der Waals surface area contributed by atoms with Gasteiger partial charge in [0.15, 0.2) is 0 Å². The van der Waals surface area contributed by atoms with E-state index < -0.39 is 0 Å². The van der Waals surface area contributed by atoms with Crippen molar-refractivity contribution in [3.05, 3.63) is 28.8 Å². The third-order valence-electron chi connectivity index (χ3n) is 4.71. The van der Waals surface area contributed by atoms with E-state index in [1.165, 1.54) is 48.8 Å². The number of hydrogen-bond donors (Lipinski definition) is 1. The number of hydrogen-bond acceptors (Lipinski definition) is 2. The molecule has 0 fully saturated rings. The average Bonchev–Trinajstić information content (AvgIpc) is 2.61. The molecule has 3 heteroatoms. The van der Waals surface area contributed by atoms with Crippen LogP contribution >= 0.6 is 0 Å². The van der Waals surface area contributed by atoms with Crippen LogP contribution in [0.15, 0.2) is 17.1 Å². The molecule has 0 aliphatic heterocycles. The van der Waals surface area contributed by atoms with Gasteiger partial charge in [-0.3, -0.25) is 4.99 Å². The van der Waals surface area contributed by atoms with Gasteiger partial charge >= 0.3 is 0 Å². The van der Waals surface area contributed by atoms with E-state index in [0.717, 1.165) is 43.9 Å². The highest BCUT2D eigenvalue weighted by molar-refractivity contribution is 6.00. The Morgan fingerprint density at radius 1 is 1.08 bits per heavy atom. The van der Waals surface area contributed by atoms with Crippen molar-refractivity contribution in [1.82, 2.24) is 5.32 Å². The summed E-state index contributed by atoms with van der Waals surface area (Å²) in [6.45, 7) is 10.6. The third kappa shape index (κ3) is 5.76. The molecule has 1 aromatic carbocycles. The largest absolute Gasteiger partial charge is 0.491 e. The molecule has 0 bridgehead atoms. The van der Waals surface area contributed by atoms with Crippen molar-refractivity contribution in [2.75, 3.05) is 13.1 Å². The number of amidine groups is 1. The summed E-state index contributed by atoms with van der Waals surface area (Å²) in [7, 11) is 0. The highest BCUT2D eigenvalue weighted by Gasteiger charge is 2.20. The Kier molecular flexibility index (Phi) is 8.30. The highest BCUT2D eigenvalue weighted by atomic mass is 16.5. The van der Waals surface area contributed by atoms with Crippen molar-refractivity contribution in [1.29, 1.82) is 0 Å². The molecule has 1 aliphatic rings. The zero-order valence-corrected chi connectivity index (χ0v) is 16.7. The monoisotopic (exact) mass is 344 g/mol. The standard InChI is InChI=1S/C22H36N2O/c1-5-7-15-23-22(24-16-8-6-2)20-13-14-21(25-17(3)4)19-12-10-9-11-18(19)20/h13-14,17H,5-12,15-16H2,1-4H3,(H,23,24). The van der Waals surface area contributed by atoms with E-state index in [-0.39, 0.29) is 6.10 Å². The van der Waals surface area contributed by atoms with Crippen molar-refractivity contribution in [3.63, 3.8) is 0 Å². The lowest BCUT2D eigenvalue weighted by molar-refractivity contribution is 0.239. The van der Waals surface area contributed by atoms with E-state index in [1.54, 1.807) is 0 Å². The van der Waals surface area contributed by atoms with Gasteiger partial charge in [-0.2, -0.15) is 0 Å². The first-order valence-electron chi connectivity index (χ1n) is 10.3. The molecule has 140 valence electrons. The molecule has 0 heterocycles. The summed E-state index contributed by atoms with van der Waals surface area (Å²) in [6, 6.07) is 4.39. The van der Waals surface area contributed by atoms with E-state index >= 15 is 0 Å². The van der Waals surface area contributed by atoms with Gasteiger partial charge in [-0.05, 0) is 75.6 Å². The molecule has 1 aromatic rings. The molecule has 0 saturated heterocycles. The van der Waals surface area contributed by atoms with Gasteiger partial charge in [-0.1, -0.05) is 26.7 Å². The molecule has 0 aromatic heterocycles. The molecular weight excluding hydrogens is 308 g/mol. The van der Waals surface area contributed by atoms with Gasteiger partial charge in [0, 0.05) is 18.7 Å². The Hall–Kier alpha value is -1.51. The summed E-state index contributed by atoms with van der Waals surface area (Å²) in [5.74, 6) is 2.17. The van der Waals surface area contributed by atoms with Gasteiger partial charge in [0.25, 0.3) is 0 Å². The number of ether oxygens (including phenoxy) is 1. The van der Waals surface area contributed by atoms with Crippen LogP contribution in [-0.4, -0.2) is 25.0 Å². The van der Waals surface area contributed by atoms with Crippen LogP contribution in [0.5, 0.6) is 5.75 Å². The number of aliphatic imine (C=N–C) groups is 1. The predicted octanol–water partition coefficient (Wildman–Crippen LogP) is 5.29. The molecule has 3 nitrogen and oxygen atoms in total. The van der Waals surface area contributed by atoms with Gasteiger partial charge < -0.3 is 10.1 Å². The summed E-state index contributed by atoms with van der Waals surface area (Å²) in [6.07, 6.45) is 9.74. The van der Waals surface area contributed by atoms with Crippen LogP contribution in [0.25, 0.3) is 0 Å². The minimum Gasteiger partial charge on any atom is -0.491 e. The van der Waals surface area contributed by atoms with Crippen molar-refractivity contribution < 1.29 is 4.74 Å². The number of benzene rings is 1. The summed E-state index contributed by atoms with van der Waals surface area (Å²) in [4.78, 5) is 4.92. The molecule has 1 aliphatic carbocycles. The van der Waals surface area contributed by atoms with Crippen LogP contribution in [0.4, 0.5) is 0 Å². The Bertz CT molecular complexity index is 563. The molecule has 25 heavy (non-hydrogen) atoms. The Labute approximate surface area is 154 Å². The molecule has 0 radical (unpaired) electrons. The number of fused-ring (bicyclic) bond motifs is 1. The maximum atomic E-state index is 6.08. The normalized spacial score (nSPS) is 14.5. The fourth-order valence-electron chi connectivity index (χ4n) is 3.39. The second-order valence-corrected chi connectivity index (χ2v) is 7.31. The topological polar surface area (TPSA) is 33.6 Å². The van der Waals surface area contributed by atoms with Gasteiger partial charge in [-0.25, -0.2) is 0 Å². The van der Waals surface area contributed by atoms with Gasteiger partial charge in [0.05, 0.1) is 6.10 Å². The first-order valence-corrected chi connectivity index (χ1v) is 10.3. The van der Waals surface area contributed by atoms with Crippen LogP contribution in [0.1, 0.15) is 82.9 Å². The molecule has 1 N–H and O–H groups in total. The maximum absolute atomic E-state index is 6.08. The fraction of sp³-hybridized carbons (Fsp3) is 0.682. The minimum atomic E-state index is 0.220. The number of nitrogens with one attached hydrogen (secondary N) is 1. The lowest BCUT2D eigenvalue weighted by atomic mass is 9.87. The summed E-state index contributed by atoms with van der Waals surface area (Å²) < 4.78 is 6.08. The Morgan fingerprint density at radius 3 is 2.48 bits per heavy atom. The molecule has 2 rings (SSSR count). The summed E-state index contributed by atoms with van der Waals surface area (Å²) in [5, 5.41) is 3.62. The molecule has 0 unspecified atom stereocenters. The van der Waals surface area contributed by atoms with Crippen molar-refractivity contribution in [2.24, 2.45) is 4.99 Å². The van der Waals surface area contributed by atoms with Crippen LogP contribution in [0.2, 0.25) is 0 Å². The zero-order chi connectivity index (χ0) is 18.1. The van der Waals surface area contributed by atoms with E-state index in [4.69, 9.17) is 9.73 Å². The average molecular weight is 345 g/mol. The second-order valence-electron chi connectivity index (χ2n) is 7.31. The van der Waals surface area contributed by atoms with Gasteiger partial charge in [-0.15, -0.1) is 0 Å². The lowest BCUT2D eigenvalue weighted by Crippen LogP contribution is -2.28. The number of unbranched alkanes of at least 4 members (excludes halogenated alkanes) is 2. The van der Waals surface area contributed by atoms with E-state index in [1.807, 2.05) is 0 Å². The zero-order valence-electron chi connectivity index (χ0n) is 16.7. The maximum Gasteiger partial charge on any atom is 0.128 e. The Morgan fingerprint density at radius 2 is 1.80 bits per heavy atom. The van der Waals surface area contributed by atoms with Crippen LogP contribution in [0, 0.1) is 0 Å². The van der Waals surface area contributed by atoms with Crippen molar-refractivity contribution in [3.8, 4) is 5.75 Å². The predicted molar refractivity (Wildman–Crippen MR) is 108 cm³/mol. The molecule has 0 amide bonds. The number of nitrogens with zero attached hydrogens (tertiary/aromatic N) is 1. The minimum absolute atomic E-state index is 0.220. The molecular formula is C22H36N2O. The second kappa shape index (κ2) is 10.5. The van der Waals surface area contributed by atoms with E-state index in [0.29, 0.717) is 0 Å². The number of rotatable bonds is 9. The van der Waals surface area contributed by atoms with Gasteiger partial charge in [0.1, 0.15) is 11.6 Å². The summed E-state index contributed by atoms with van der Waals surface area (Å²) >= 11 is 0. The van der Waals surface area contributed by atoms with E-state index in [9.17, 15) is 0 Å². The van der Waals surface area contributed by atoms with Crippen LogP contribution in [-0.2, 0) is 12.8 Å². The smallest absolute Gasteiger partial charge is 0.128 e. The third-order valence-corrected chi connectivity index (χ3v) is 4.71. The summed E-state index contributed by atoms with van der Waals surface area (Å²) in [5.41, 5.74) is 4.18. The quantitative estimate of drug-likeness (QED) is 0.375. The first kappa shape index (κ1) is 19.8. The molecule has 0 saturated carbocycles. The Balaban J connectivity index is 2.33.